The first kappa shape index (κ1) is 10.4. The van der Waals surface area contributed by atoms with Gasteiger partial charge in [0.1, 0.15) is 0 Å². The number of hydrogen-bond acceptors (Lipinski definition) is 3. The van der Waals surface area contributed by atoms with Gasteiger partial charge in [0, 0.05) is 12.6 Å². The Balaban J connectivity index is 2.06. The molecule has 1 unspecified atom stereocenters. The molecular formula is C9H20N2S. The van der Waals surface area contributed by atoms with Crippen molar-refractivity contribution >= 4 is 12.6 Å². The fourth-order valence-corrected chi connectivity index (χ4v) is 1.88. The van der Waals surface area contributed by atoms with E-state index < -0.39 is 0 Å². The van der Waals surface area contributed by atoms with Gasteiger partial charge in [-0.2, -0.15) is 12.6 Å². The molecule has 0 bridgehead atoms. The highest BCUT2D eigenvalue weighted by molar-refractivity contribution is 7.80. The Kier molecular flexibility index (Phi) is 5.04. The van der Waals surface area contributed by atoms with Crippen LogP contribution in [-0.2, 0) is 0 Å². The molecule has 0 saturated carbocycles. The summed E-state index contributed by atoms with van der Waals surface area (Å²) < 4.78 is 0. The van der Waals surface area contributed by atoms with Crippen LogP contribution in [0.2, 0.25) is 0 Å². The molecular weight excluding hydrogens is 168 g/mol. The molecule has 1 N–H and O–H groups in total. The van der Waals surface area contributed by atoms with Crippen LogP contribution in [0.3, 0.4) is 0 Å². The molecule has 0 aromatic rings. The molecule has 0 radical (unpaired) electrons. The van der Waals surface area contributed by atoms with Gasteiger partial charge in [-0.05, 0) is 45.2 Å². The lowest BCUT2D eigenvalue weighted by atomic mass is 10.1. The Hall–Kier alpha value is 0.270. The van der Waals surface area contributed by atoms with E-state index in [2.05, 4.69) is 29.9 Å². The highest BCUT2D eigenvalue weighted by atomic mass is 32.1. The maximum Gasteiger partial charge on any atom is 0.0195 e. The van der Waals surface area contributed by atoms with Crippen LogP contribution in [0.4, 0.5) is 0 Å². The Bertz CT molecular complexity index is 119. The number of nitrogens with zero attached hydrogens (tertiary/aromatic N) is 1. The lowest BCUT2D eigenvalue weighted by molar-refractivity contribution is 0.228. The van der Waals surface area contributed by atoms with E-state index >= 15 is 0 Å². The van der Waals surface area contributed by atoms with Crippen LogP contribution in [0.5, 0.6) is 0 Å². The van der Waals surface area contributed by atoms with Crippen LogP contribution in [0.1, 0.15) is 19.3 Å². The maximum atomic E-state index is 4.19. The minimum absolute atomic E-state index is 0.726. The number of likely N-dealkylation sites (N-methyl/N-ethyl adjacent to an activating group) is 1. The van der Waals surface area contributed by atoms with E-state index in [1.54, 1.807) is 0 Å². The predicted octanol–water partition coefficient (Wildman–Crippen LogP) is 0.990. The first-order chi connectivity index (χ1) is 5.83. The molecule has 12 heavy (non-hydrogen) atoms. The van der Waals surface area contributed by atoms with Gasteiger partial charge < -0.3 is 10.2 Å². The first-order valence-electron chi connectivity index (χ1n) is 4.85. The number of nitrogens with one attached hydrogen (secondary N) is 1. The highest BCUT2D eigenvalue weighted by Gasteiger charge is 2.15. The zero-order valence-electron chi connectivity index (χ0n) is 7.92. The number of hydrogen-bond donors (Lipinski definition) is 2. The first-order valence-corrected chi connectivity index (χ1v) is 5.49. The summed E-state index contributed by atoms with van der Waals surface area (Å²) in [6, 6.07) is 0.726. The van der Waals surface area contributed by atoms with Crippen molar-refractivity contribution in [2.45, 2.75) is 25.3 Å². The summed E-state index contributed by atoms with van der Waals surface area (Å²) in [4.78, 5) is 2.40. The van der Waals surface area contributed by atoms with Gasteiger partial charge in [0.05, 0.1) is 0 Å². The molecule has 0 aliphatic carbocycles. The topological polar surface area (TPSA) is 15.3 Å². The molecule has 1 aliphatic rings. The van der Waals surface area contributed by atoms with Gasteiger partial charge in [0.2, 0.25) is 0 Å². The Morgan fingerprint density at radius 3 is 3.08 bits per heavy atom. The SMILES string of the molecule is CN1CCCC(NCCCS)C1. The van der Waals surface area contributed by atoms with Crippen molar-refractivity contribution in [3.8, 4) is 0 Å². The van der Waals surface area contributed by atoms with Gasteiger partial charge in [-0.25, -0.2) is 0 Å². The molecule has 0 amide bonds. The molecule has 1 saturated heterocycles. The average molecular weight is 188 g/mol. The van der Waals surface area contributed by atoms with Gasteiger partial charge in [-0.15, -0.1) is 0 Å². The second-order valence-electron chi connectivity index (χ2n) is 3.63. The van der Waals surface area contributed by atoms with Crippen molar-refractivity contribution < 1.29 is 0 Å². The van der Waals surface area contributed by atoms with Crippen LogP contribution in [0, 0.1) is 0 Å². The molecule has 2 nitrogen and oxygen atoms in total. The third-order valence-corrected chi connectivity index (χ3v) is 2.71. The zero-order chi connectivity index (χ0) is 8.81. The van der Waals surface area contributed by atoms with Gasteiger partial charge in [-0.1, -0.05) is 0 Å². The fraction of sp³-hybridized carbons (Fsp3) is 1.00. The summed E-state index contributed by atoms with van der Waals surface area (Å²) in [6.07, 6.45) is 3.87. The second-order valence-corrected chi connectivity index (χ2v) is 4.08. The standard InChI is InChI=1S/C9H20N2S/c1-11-6-2-4-9(8-11)10-5-3-7-12/h9-10,12H,2-8H2,1H3. The Morgan fingerprint density at radius 1 is 1.58 bits per heavy atom. The van der Waals surface area contributed by atoms with Gasteiger partial charge in [0.15, 0.2) is 0 Å². The van der Waals surface area contributed by atoms with Crippen LogP contribution < -0.4 is 5.32 Å². The third kappa shape index (κ3) is 3.78. The summed E-state index contributed by atoms with van der Waals surface area (Å²) in [5, 5.41) is 3.56. The molecule has 1 aliphatic heterocycles. The second kappa shape index (κ2) is 5.84. The molecule has 1 rings (SSSR count). The van der Waals surface area contributed by atoms with Gasteiger partial charge in [-0.3, -0.25) is 0 Å². The number of thiol groups is 1. The van der Waals surface area contributed by atoms with Crippen molar-refractivity contribution in [2.75, 3.05) is 32.4 Å². The maximum absolute atomic E-state index is 4.19. The number of piperidine rings is 1. The lowest BCUT2D eigenvalue weighted by Crippen LogP contribution is -2.44. The van der Waals surface area contributed by atoms with Crippen LogP contribution >= 0.6 is 12.6 Å². The van der Waals surface area contributed by atoms with E-state index in [0.29, 0.717) is 0 Å². The summed E-state index contributed by atoms with van der Waals surface area (Å²) in [6.45, 7) is 3.61. The van der Waals surface area contributed by atoms with E-state index in [-0.39, 0.29) is 0 Å². The summed E-state index contributed by atoms with van der Waals surface area (Å²) >= 11 is 4.19. The largest absolute Gasteiger partial charge is 0.313 e. The highest BCUT2D eigenvalue weighted by Crippen LogP contribution is 2.07. The van der Waals surface area contributed by atoms with E-state index in [4.69, 9.17) is 0 Å². The van der Waals surface area contributed by atoms with Crippen molar-refractivity contribution in [3.05, 3.63) is 0 Å². The predicted molar refractivity (Wildman–Crippen MR) is 57.0 cm³/mol. The molecule has 1 atom stereocenters. The molecule has 3 heteroatoms. The van der Waals surface area contributed by atoms with Crippen molar-refractivity contribution in [1.29, 1.82) is 0 Å². The molecule has 0 spiro atoms. The number of rotatable bonds is 4. The van der Waals surface area contributed by atoms with E-state index in [9.17, 15) is 0 Å². The zero-order valence-corrected chi connectivity index (χ0v) is 8.82. The third-order valence-electron chi connectivity index (χ3n) is 2.39. The summed E-state index contributed by atoms with van der Waals surface area (Å²) in [5.41, 5.74) is 0. The normalized spacial score (nSPS) is 26.0. The lowest BCUT2D eigenvalue weighted by Gasteiger charge is -2.30. The van der Waals surface area contributed by atoms with Crippen molar-refractivity contribution in [2.24, 2.45) is 0 Å². The average Bonchev–Trinajstić information content (AvgIpc) is 2.05. The van der Waals surface area contributed by atoms with Gasteiger partial charge >= 0.3 is 0 Å². The van der Waals surface area contributed by atoms with E-state index in [1.165, 1.54) is 32.4 Å². The minimum Gasteiger partial charge on any atom is -0.313 e. The monoisotopic (exact) mass is 188 g/mol. The van der Waals surface area contributed by atoms with Crippen molar-refractivity contribution in [1.82, 2.24) is 10.2 Å². The van der Waals surface area contributed by atoms with Crippen molar-refractivity contribution in [3.63, 3.8) is 0 Å². The molecule has 0 aromatic carbocycles. The Labute approximate surface area is 81.1 Å². The van der Waals surface area contributed by atoms with E-state index in [0.717, 1.165) is 18.3 Å². The summed E-state index contributed by atoms with van der Waals surface area (Å²) in [5.74, 6) is 0.996. The molecule has 1 heterocycles. The minimum atomic E-state index is 0.726. The van der Waals surface area contributed by atoms with Crippen LogP contribution in [0.25, 0.3) is 0 Å². The van der Waals surface area contributed by atoms with Crippen LogP contribution in [-0.4, -0.2) is 43.4 Å². The molecule has 1 fully saturated rings. The Morgan fingerprint density at radius 2 is 2.42 bits per heavy atom. The summed E-state index contributed by atoms with van der Waals surface area (Å²) in [7, 11) is 2.20. The smallest absolute Gasteiger partial charge is 0.0195 e. The molecule has 72 valence electrons. The molecule has 0 aromatic heterocycles. The van der Waals surface area contributed by atoms with Crippen LogP contribution in [0.15, 0.2) is 0 Å². The quantitative estimate of drug-likeness (QED) is 0.505. The van der Waals surface area contributed by atoms with E-state index in [1.807, 2.05) is 0 Å². The fourth-order valence-electron chi connectivity index (χ4n) is 1.72. The van der Waals surface area contributed by atoms with Gasteiger partial charge in [0.25, 0.3) is 0 Å². The number of likely N-dealkylation sites (tertiary alicyclic amines) is 1.